The quantitative estimate of drug-likeness (QED) is 0.690. The second-order valence-electron chi connectivity index (χ2n) is 4.56. The van der Waals surface area contributed by atoms with Crippen molar-refractivity contribution in [3.8, 4) is 0 Å². The van der Waals surface area contributed by atoms with Crippen LogP contribution in [0.1, 0.15) is 16.1 Å². The number of ether oxygens (including phenoxy) is 1. The van der Waals surface area contributed by atoms with E-state index in [9.17, 15) is 9.18 Å². The number of nitrogens with two attached hydrogens (primary N) is 1. The standard InChI is InChI=1S/C15H16FN3O2/c1-19(9-10-5-3-4-6-18-10)14-7-11(15(20)21-2)13(17)8-12(14)16/h3-8H,9,17H2,1-2H3. The van der Waals surface area contributed by atoms with Gasteiger partial charge in [0, 0.05) is 18.9 Å². The summed E-state index contributed by atoms with van der Waals surface area (Å²) in [7, 11) is 2.97. The molecule has 0 unspecified atom stereocenters. The fourth-order valence-corrected chi connectivity index (χ4v) is 1.98. The highest BCUT2D eigenvalue weighted by Crippen LogP contribution is 2.26. The van der Waals surface area contributed by atoms with Gasteiger partial charge < -0.3 is 15.4 Å². The zero-order valence-corrected chi connectivity index (χ0v) is 11.8. The van der Waals surface area contributed by atoms with Crippen LogP contribution in [0.3, 0.4) is 0 Å². The SMILES string of the molecule is COC(=O)c1cc(N(C)Cc2ccccn2)c(F)cc1N. The Bertz CT molecular complexity index is 647. The van der Waals surface area contributed by atoms with Crippen LogP contribution < -0.4 is 10.6 Å². The van der Waals surface area contributed by atoms with E-state index in [1.807, 2.05) is 18.2 Å². The van der Waals surface area contributed by atoms with Crippen LogP contribution in [0.2, 0.25) is 0 Å². The Morgan fingerprint density at radius 3 is 2.81 bits per heavy atom. The second-order valence-corrected chi connectivity index (χ2v) is 4.56. The van der Waals surface area contributed by atoms with Crippen molar-refractivity contribution in [3.05, 3.63) is 53.6 Å². The maximum Gasteiger partial charge on any atom is 0.340 e. The van der Waals surface area contributed by atoms with Crippen molar-refractivity contribution in [2.45, 2.75) is 6.54 Å². The summed E-state index contributed by atoms with van der Waals surface area (Å²) in [6, 6.07) is 8.01. The average Bonchev–Trinajstić information content (AvgIpc) is 2.47. The number of carbonyl (C=O) groups excluding carboxylic acids is 1. The van der Waals surface area contributed by atoms with Crippen LogP contribution in [0.4, 0.5) is 15.8 Å². The monoisotopic (exact) mass is 289 g/mol. The summed E-state index contributed by atoms with van der Waals surface area (Å²) >= 11 is 0. The molecular formula is C15H16FN3O2. The maximum atomic E-state index is 14.1. The predicted octanol–water partition coefficient (Wildman–Crippen LogP) is 2.23. The smallest absolute Gasteiger partial charge is 0.340 e. The lowest BCUT2D eigenvalue weighted by Gasteiger charge is -2.20. The van der Waals surface area contributed by atoms with Crippen molar-refractivity contribution in [2.75, 3.05) is 24.8 Å². The van der Waals surface area contributed by atoms with E-state index in [4.69, 9.17) is 5.73 Å². The Hall–Kier alpha value is -2.63. The Kier molecular flexibility index (Phi) is 4.37. The lowest BCUT2D eigenvalue weighted by molar-refractivity contribution is 0.0602. The van der Waals surface area contributed by atoms with E-state index in [0.717, 1.165) is 11.8 Å². The number of rotatable bonds is 4. The fraction of sp³-hybridized carbons (Fsp3) is 0.200. The van der Waals surface area contributed by atoms with Crippen LogP contribution >= 0.6 is 0 Å². The molecule has 0 fully saturated rings. The minimum atomic E-state index is -0.597. The van der Waals surface area contributed by atoms with Crippen molar-refractivity contribution >= 4 is 17.3 Å². The normalized spacial score (nSPS) is 10.2. The zero-order valence-electron chi connectivity index (χ0n) is 11.8. The van der Waals surface area contributed by atoms with Crippen LogP contribution in [-0.2, 0) is 11.3 Å². The number of nitrogens with zero attached hydrogens (tertiary/aromatic N) is 2. The number of aromatic nitrogens is 1. The molecule has 0 spiro atoms. The van der Waals surface area contributed by atoms with Gasteiger partial charge in [0.05, 0.1) is 30.6 Å². The minimum absolute atomic E-state index is 0.0503. The molecule has 0 saturated carbocycles. The number of nitrogen functional groups attached to an aromatic ring is 1. The Morgan fingerprint density at radius 2 is 2.19 bits per heavy atom. The third kappa shape index (κ3) is 3.28. The summed E-state index contributed by atoms with van der Waals surface area (Å²) in [6.45, 7) is 0.405. The van der Waals surface area contributed by atoms with Gasteiger partial charge in [0.15, 0.2) is 0 Å². The predicted molar refractivity (Wildman–Crippen MR) is 78.5 cm³/mol. The number of esters is 1. The molecule has 2 N–H and O–H groups in total. The molecule has 21 heavy (non-hydrogen) atoms. The Balaban J connectivity index is 2.32. The topological polar surface area (TPSA) is 68.5 Å². The largest absolute Gasteiger partial charge is 0.465 e. The highest BCUT2D eigenvalue weighted by molar-refractivity contribution is 5.96. The molecule has 2 rings (SSSR count). The van der Waals surface area contributed by atoms with E-state index in [1.165, 1.54) is 13.2 Å². The number of hydrogen-bond donors (Lipinski definition) is 1. The van der Waals surface area contributed by atoms with Gasteiger partial charge in [0.2, 0.25) is 0 Å². The molecule has 5 nitrogen and oxygen atoms in total. The summed E-state index contributed by atoms with van der Waals surface area (Å²) < 4.78 is 18.7. The molecule has 0 aliphatic rings. The molecule has 2 aromatic rings. The van der Waals surface area contributed by atoms with Gasteiger partial charge in [-0.1, -0.05) is 6.07 Å². The van der Waals surface area contributed by atoms with E-state index in [-0.39, 0.29) is 16.9 Å². The molecule has 1 aromatic carbocycles. The van der Waals surface area contributed by atoms with E-state index in [1.54, 1.807) is 18.1 Å². The first kappa shape index (κ1) is 14.8. The molecule has 0 saturated heterocycles. The summed E-state index contributed by atoms with van der Waals surface area (Å²) in [4.78, 5) is 17.5. The van der Waals surface area contributed by atoms with Gasteiger partial charge in [0.1, 0.15) is 5.82 Å². The van der Waals surface area contributed by atoms with E-state index >= 15 is 0 Å². The number of anilines is 2. The molecule has 0 amide bonds. The molecule has 6 heteroatoms. The molecule has 0 aliphatic carbocycles. The highest BCUT2D eigenvalue weighted by Gasteiger charge is 2.17. The van der Waals surface area contributed by atoms with Gasteiger partial charge in [-0.25, -0.2) is 9.18 Å². The molecule has 1 heterocycles. The lowest BCUT2D eigenvalue weighted by atomic mass is 10.1. The summed E-state index contributed by atoms with van der Waals surface area (Å²) in [5.74, 6) is -1.10. The summed E-state index contributed by atoms with van der Waals surface area (Å²) in [6.07, 6.45) is 1.67. The zero-order chi connectivity index (χ0) is 15.4. The fourth-order valence-electron chi connectivity index (χ4n) is 1.98. The van der Waals surface area contributed by atoms with Crippen molar-refractivity contribution in [1.82, 2.24) is 4.98 Å². The maximum absolute atomic E-state index is 14.1. The third-order valence-corrected chi connectivity index (χ3v) is 3.06. The van der Waals surface area contributed by atoms with Crippen molar-refractivity contribution in [1.29, 1.82) is 0 Å². The second kappa shape index (κ2) is 6.21. The van der Waals surface area contributed by atoms with E-state index in [2.05, 4.69) is 9.72 Å². The molecular weight excluding hydrogens is 273 g/mol. The van der Waals surface area contributed by atoms with Crippen LogP contribution in [0.25, 0.3) is 0 Å². The van der Waals surface area contributed by atoms with Gasteiger partial charge >= 0.3 is 5.97 Å². The summed E-state index contributed by atoms with van der Waals surface area (Å²) in [5.41, 5.74) is 6.89. The number of pyridine rings is 1. The first-order valence-corrected chi connectivity index (χ1v) is 6.31. The molecule has 0 atom stereocenters. The molecule has 0 radical (unpaired) electrons. The van der Waals surface area contributed by atoms with Gasteiger partial charge in [-0.15, -0.1) is 0 Å². The van der Waals surface area contributed by atoms with E-state index in [0.29, 0.717) is 6.54 Å². The minimum Gasteiger partial charge on any atom is -0.465 e. The van der Waals surface area contributed by atoms with Crippen molar-refractivity contribution in [3.63, 3.8) is 0 Å². The summed E-state index contributed by atoms with van der Waals surface area (Å²) in [5, 5.41) is 0. The number of benzene rings is 1. The van der Waals surface area contributed by atoms with Gasteiger partial charge in [-0.3, -0.25) is 4.98 Å². The highest BCUT2D eigenvalue weighted by atomic mass is 19.1. The van der Waals surface area contributed by atoms with Gasteiger partial charge in [-0.05, 0) is 24.3 Å². The molecule has 1 aromatic heterocycles. The molecule has 0 aliphatic heterocycles. The van der Waals surface area contributed by atoms with Gasteiger partial charge in [-0.2, -0.15) is 0 Å². The Morgan fingerprint density at radius 1 is 1.43 bits per heavy atom. The van der Waals surface area contributed by atoms with Gasteiger partial charge in [0.25, 0.3) is 0 Å². The first-order valence-electron chi connectivity index (χ1n) is 6.31. The Labute approximate surface area is 122 Å². The number of halogens is 1. The lowest BCUT2D eigenvalue weighted by Crippen LogP contribution is -2.19. The van der Waals surface area contributed by atoms with Crippen LogP contribution in [0, 0.1) is 5.82 Å². The molecule has 110 valence electrons. The average molecular weight is 289 g/mol. The number of carbonyl (C=O) groups is 1. The van der Waals surface area contributed by atoms with Crippen LogP contribution in [0.5, 0.6) is 0 Å². The number of hydrogen-bond acceptors (Lipinski definition) is 5. The van der Waals surface area contributed by atoms with Crippen molar-refractivity contribution in [2.24, 2.45) is 0 Å². The van der Waals surface area contributed by atoms with Crippen LogP contribution in [0.15, 0.2) is 36.5 Å². The molecule has 0 bridgehead atoms. The van der Waals surface area contributed by atoms with Crippen LogP contribution in [-0.4, -0.2) is 25.1 Å². The third-order valence-electron chi connectivity index (χ3n) is 3.06. The number of methoxy groups -OCH3 is 1. The van der Waals surface area contributed by atoms with E-state index < -0.39 is 11.8 Å². The van der Waals surface area contributed by atoms with Crippen molar-refractivity contribution < 1.29 is 13.9 Å². The first-order chi connectivity index (χ1) is 10.0.